The van der Waals surface area contributed by atoms with E-state index in [1.807, 2.05) is 30.3 Å². The molecule has 9 atom stereocenters. The highest BCUT2D eigenvalue weighted by molar-refractivity contribution is 7.91. The van der Waals surface area contributed by atoms with Gasteiger partial charge in [-0.15, -0.1) is 11.3 Å². The highest BCUT2D eigenvalue weighted by Crippen LogP contribution is 2.78. The third-order valence-electron chi connectivity index (χ3n) is 14.0. The fourth-order valence-corrected chi connectivity index (χ4v) is 14.1. The fraction of sp³-hybridized carbons (Fsp3) is 0.605. The SMILES string of the molecule is CC12CCC(O)CC13C=CC1(C(C(=O)c4ccccc4)=C3)C2CCC2(C)C1CCC2(O)CN(CC1CCCO1)S(=O)(=O)c1cccs1. The number of hydrogen-bond donors (Lipinski definition) is 2. The molecule has 7 nitrogen and oxygen atoms in total. The van der Waals surface area contributed by atoms with Crippen LogP contribution < -0.4 is 0 Å². The van der Waals surface area contributed by atoms with Crippen LogP contribution in [-0.2, 0) is 14.8 Å². The zero-order valence-corrected chi connectivity index (χ0v) is 29.1. The van der Waals surface area contributed by atoms with Gasteiger partial charge in [0, 0.05) is 47.1 Å². The van der Waals surface area contributed by atoms with E-state index in [9.17, 15) is 23.4 Å². The maximum absolute atomic E-state index is 14.7. The average Bonchev–Trinajstić information content (AvgIpc) is 3.83. The number of hydrogen-bond acceptors (Lipinski definition) is 7. The molecule has 2 aromatic rings. The van der Waals surface area contributed by atoms with Gasteiger partial charge in [0.2, 0.25) is 0 Å². The molecule has 47 heavy (non-hydrogen) atoms. The minimum atomic E-state index is -3.85. The number of rotatable bonds is 8. The Morgan fingerprint density at radius 2 is 1.72 bits per heavy atom. The molecule has 1 aromatic heterocycles. The molecule has 252 valence electrons. The highest BCUT2D eigenvalue weighted by atomic mass is 32.2. The Bertz CT molecular complexity index is 1720. The van der Waals surface area contributed by atoms with E-state index in [2.05, 4.69) is 32.1 Å². The summed E-state index contributed by atoms with van der Waals surface area (Å²) in [5.41, 5.74) is -1.56. The van der Waals surface area contributed by atoms with Crippen molar-refractivity contribution < 1.29 is 28.2 Å². The lowest BCUT2D eigenvalue weighted by molar-refractivity contribution is -0.174. The largest absolute Gasteiger partial charge is 0.393 e. The van der Waals surface area contributed by atoms with Gasteiger partial charge in [0.25, 0.3) is 10.0 Å². The van der Waals surface area contributed by atoms with Crippen molar-refractivity contribution in [1.29, 1.82) is 0 Å². The summed E-state index contributed by atoms with van der Waals surface area (Å²) < 4.78 is 36.0. The maximum Gasteiger partial charge on any atom is 0.252 e. The summed E-state index contributed by atoms with van der Waals surface area (Å²) in [6.45, 7) is 5.39. The van der Waals surface area contributed by atoms with E-state index in [0.717, 1.165) is 44.1 Å². The van der Waals surface area contributed by atoms with Gasteiger partial charge in [-0.3, -0.25) is 4.79 Å². The molecule has 9 heteroatoms. The molecular formula is C38H47NO6S2. The topological polar surface area (TPSA) is 104 Å². The Morgan fingerprint density at radius 1 is 0.979 bits per heavy atom. The number of ether oxygens (including phenoxy) is 1. The summed E-state index contributed by atoms with van der Waals surface area (Å²) in [6, 6.07) is 12.9. The van der Waals surface area contributed by atoms with Crippen LogP contribution in [0.2, 0.25) is 0 Å². The maximum atomic E-state index is 14.7. The Hall–Kier alpha value is -2.14. The predicted octanol–water partition coefficient (Wildman–Crippen LogP) is 6.39. The number of thiophene rings is 1. The van der Waals surface area contributed by atoms with Crippen LogP contribution in [0.15, 0.2) is 75.9 Å². The van der Waals surface area contributed by atoms with Crippen LogP contribution in [0.5, 0.6) is 0 Å². The predicted molar refractivity (Wildman–Crippen MR) is 181 cm³/mol. The van der Waals surface area contributed by atoms with E-state index in [4.69, 9.17) is 4.74 Å². The van der Waals surface area contributed by atoms with Gasteiger partial charge in [0.1, 0.15) is 4.21 Å². The Morgan fingerprint density at radius 3 is 2.45 bits per heavy atom. The molecule has 1 aromatic carbocycles. The molecule has 3 saturated carbocycles. The second kappa shape index (κ2) is 10.9. The monoisotopic (exact) mass is 677 g/mol. The van der Waals surface area contributed by atoms with Crippen molar-refractivity contribution in [3.05, 3.63) is 77.2 Å². The number of nitrogens with zero attached hydrogens (tertiary/aromatic N) is 1. The van der Waals surface area contributed by atoms with Gasteiger partial charge in [-0.1, -0.05) is 68.5 Å². The van der Waals surface area contributed by atoms with Crippen LogP contribution in [0.25, 0.3) is 0 Å². The normalized spacial score (nSPS) is 42.2. The number of aliphatic hydroxyl groups is 2. The van der Waals surface area contributed by atoms with Crippen molar-refractivity contribution in [3.63, 3.8) is 0 Å². The first-order chi connectivity index (χ1) is 22.4. The molecule has 2 spiro atoms. The molecule has 2 heterocycles. The second-order valence-electron chi connectivity index (χ2n) is 15.9. The zero-order valence-electron chi connectivity index (χ0n) is 27.4. The molecule has 2 N–H and O–H groups in total. The summed E-state index contributed by atoms with van der Waals surface area (Å²) in [5.74, 6) is 0.157. The van der Waals surface area contributed by atoms with Crippen molar-refractivity contribution in [1.82, 2.24) is 4.31 Å². The van der Waals surface area contributed by atoms with E-state index in [1.54, 1.807) is 17.5 Å². The third-order valence-corrected chi connectivity index (χ3v) is 17.1. The van der Waals surface area contributed by atoms with Crippen molar-refractivity contribution in [3.8, 4) is 0 Å². The van der Waals surface area contributed by atoms with Gasteiger partial charge in [-0.25, -0.2) is 8.42 Å². The lowest BCUT2D eigenvalue weighted by atomic mass is 9.32. The van der Waals surface area contributed by atoms with E-state index in [-0.39, 0.29) is 46.4 Å². The highest BCUT2D eigenvalue weighted by Gasteiger charge is 2.74. The van der Waals surface area contributed by atoms with Crippen molar-refractivity contribution in [2.75, 3.05) is 19.7 Å². The van der Waals surface area contributed by atoms with Gasteiger partial charge in [-0.2, -0.15) is 4.31 Å². The molecule has 7 aliphatic rings. The lowest BCUT2D eigenvalue weighted by Crippen LogP contribution is -2.67. The van der Waals surface area contributed by atoms with Crippen LogP contribution in [-0.4, -0.2) is 66.2 Å². The van der Waals surface area contributed by atoms with Crippen molar-refractivity contribution in [2.24, 2.45) is 33.5 Å². The molecule has 1 saturated heterocycles. The minimum absolute atomic E-state index is 0.00360. The first kappa shape index (κ1) is 32.1. The van der Waals surface area contributed by atoms with Crippen LogP contribution >= 0.6 is 11.3 Å². The number of sulfonamides is 1. The van der Waals surface area contributed by atoms with Gasteiger partial charge >= 0.3 is 0 Å². The number of ketones is 1. The molecule has 2 bridgehead atoms. The molecule has 9 unspecified atom stereocenters. The number of Topliss-reactive ketones (excluding diaryl/α,β-unsaturated/α-hetero) is 1. The van der Waals surface area contributed by atoms with Crippen LogP contribution in [0.4, 0.5) is 0 Å². The summed E-state index contributed by atoms with van der Waals surface area (Å²) in [7, 11) is -3.85. The van der Waals surface area contributed by atoms with E-state index < -0.39 is 38.0 Å². The average molecular weight is 678 g/mol. The first-order valence-corrected chi connectivity index (χ1v) is 19.8. The third kappa shape index (κ3) is 4.42. The van der Waals surface area contributed by atoms with E-state index in [0.29, 0.717) is 31.4 Å². The number of benzene rings is 1. The number of carbonyl (C=O) groups excluding carboxylic acids is 1. The molecule has 4 fully saturated rings. The first-order valence-electron chi connectivity index (χ1n) is 17.5. The summed E-state index contributed by atoms with van der Waals surface area (Å²) >= 11 is 1.20. The molecule has 0 radical (unpaired) electrons. The van der Waals surface area contributed by atoms with Gasteiger partial charge < -0.3 is 14.9 Å². The Labute approximate surface area is 282 Å². The van der Waals surface area contributed by atoms with Crippen LogP contribution in [0, 0.1) is 33.5 Å². The fourth-order valence-electron chi connectivity index (χ4n) is 11.4. The molecule has 6 aliphatic carbocycles. The quantitative estimate of drug-likeness (QED) is 0.248. The summed E-state index contributed by atoms with van der Waals surface area (Å²) in [6.07, 6.45) is 12.9. The van der Waals surface area contributed by atoms with Crippen LogP contribution in [0.3, 0.4) is 0 Å². The Kier molecular flexibility index (Phi) is 7.46. The van der Waals surface area contributed by atoms with Crippen molar-refractivity contribution in [2.45, 2.75) is 93.7 Å². The van der Waals surface area contributed by atoms with E-state index >= 15 is 0 Å². The molecule has 1 aliphatic heterocycles. The lowest BCUT2D eigenvalue weighted by Gasteiger charge is -2.71. The number of allylic oxidation sites excluding steroid dienone is 4. The number of carbonyl (C=O) groups is 1. The molecular weight excluding hydrogens is 631 g/mol. The van der Waals surface area contributed by atoms with Gasteiger partial charge in [-0.05, 0) is 86.5 Å². The summed E-state index contributed by atoms with van der Waals surface area (Å²) in [4.78, 5) is 14.7. The number of fused-ring (bicyclic) bond motifs is 1. The van der Waals surface area contributed by atoms with Gasteiger partial charge in [0.15, 0.2) is 5.78 Å². The molecule has 0 amide bonds. The zero-order chi connectivity index (χ0) is 32.9. The summed E-state index contributed by atoms with van der Waals surface area (Å²) in [5, 5.41) is 25.7. The Balaban J connectivity index is 1.22. The smallest absolute Gasteiger partial charge is 0.252 e. The minimum Gasteiger partial charge on any atom is -0.393 e. The second-order valence-corrected chi connectivity index (χ2v) is 19.0. The standard InChI is InChI=1S/C38H47NO6S2/c1-34-15-12-27(40)22-36(34)18-19-38(29(23-36)33(41)26-8-4-3-5-9-26)30(34)13-16-35(2)31(38)14-17-37(35,42)25-39(24-28-10-6-20-45-28)47(43,44)32-11-7-21-46-32/h3-5,7-9,11,18-19,21,23,27-28,30-31,40,42H,6,10,12-17,20,22,24-25H2,1-2H3. The van der Waals surface area contributed by atoms with Gasteiger partial charge in [0.05, 0.1) is 17.8 Å². The van der Waals surface area contributed by atoms with E-state index in [1.165, 1.54) is 15.6 Å². The van der Waals surface area contributed by atoms with Crippen LogP contribution in [0.1, 0.15) is 82.0 Å². The molecule has 9 rings (SSSR count). The number of aliphatic hydroxyl groups excluding tert-OH is 1. The van der Waals surface area contributed by atoms with Crippen molar-refractivity contribution >= 4 is 27.1 Å².